The van der Waals surface area contributed by atoms with Gasteiger partial charge in [0, 0.05) is 36.7 Å². The first-order valence-corrected chi connectivity index (χ1v) is 13.3. The molecule has 4 rings (SSSR count). The lowest BCUT2D eigenvalue weighted by Crippen LogP contribution is -2.48. The van der Waals surface area contributed by atoms with E-state index in [4.69, 9.17) is 0 Å². The average Bonchev–Trinajstić information content (AvgIpc) is 3.25. The van der Waals surface area contributed by atoms with Crippen molar-refractivity contribution in [1.82, 2.24) is 24.6 Å². The molecule has 0 spiro atoms. The predicted molar refractivity (Wildman–Crippen MR) is 134 cm³/mol. The van der Waals surface area contributed by atoms with E-state index in [9.17, 15) is 30.8 Å². The lowest BCUT2D eigenvalue weighted by Gasteiger charge is -2.27. The summed E-state index contributed by atoms with van der Waals surface area (Å²) in [6.07, 6.45) is 0.684. The fourth-order valence-electron chi connectivity index (χ4n) is 4.48. The fourth-order valence-corrected chi connectivity index (χ4v) is 6.32. The maximum absolute atomic E-state index is 13.4. The molecule has 0 unspecified atom stereocenters. The van der Waals surface area contributed by atoms with Gasteiger partial charge in [-0.2, -0.15) is 17.5 Å². The molecule has 1 fully saturated rings. The van der Waals surface area contributed by atoms with Crippen LogP contribution in [0.4, 0.5) is 17.6 Å². The summed E-state index contributed by atoms with van der Waals surface area (Å²) in [5, 5.41) is 2.77. The lowest BCUT2D eigenvalue weighted by atomic mass is 10.0. The summed E-state index contributed by atoms with van der Waals surface area (Å²) in [4.78, 5) is 24.1. The van der Waals surface area contributed by atoms with Crippen LogP contribution in [0.5, 0.6) is 0 Å². The summed E-state index contributed by atoms with van der Waals surface area (Å²) in [5.41, 5.74) is 1.88. The van der Waals surface area contributed by atoms with Crippen LogP contribution in [0.25, 0.3) is 11.3 Å². The highest BCUT2D eigenvalue weighted by Crippen LogP contribution is 2.36. The van der Waals surface area contributed by atoms with Crippen molar-refractivity contribution in [3.8, 4) is 11.3 Å². The maximum Gasteiger partial charge on any atom is 0.451 e. The lowest BCUT2D eigenvalue weighted by molar-refractivity contribution is -0.145. The molecule has 2 aromatic heterocycles. The minimum absolute atomic E-state index is 0.00967. The Balaban J connectivity index is 1.55. The molecule has 1 saturated heterocycles. The summed E-state index contributed by atoms with van der Waals surface area (Å²) >= 11 is 0. The number of aromatic nitrogens is 3. The van der Waals surface area contributed by atoms with E-state index in [1.165, 1.54) is 6.20 Å². The van der Waals surface area contributed by atoms with E-state index in [-0.39, 0.29) is 29.3 Å². The van der Waals surface area contributed by atoms with Gasteiger partial charge in [-0.05, 0) is 67.6 Å². The van der Waals surface area contributed by atoms with Crippen LogP contribution in [0.15, 0.2) is 66.5 Å². The monoisotopic (exact) mass is 563 g/mol. The zero-order valence-corrected chi connectivity index (χ0v) is 21.8. The van der Waals surface area contributed by atoms with Crippen LogP contribution in [-0.4, -0.2) is 45.7 Å². The Morgan fingerprint density at radius 3 is 2.38 bits per heavy atom. The summed E-state index contributed by atoms with van der Waals surface area (Å²) in [6.45, 7) is 7.21. The Morgan fingerprint density at radius 1 is 1.15 bits per heavy atom. The number of nitrogens with zero attached hydrogens (tertiary/aromatic N) is 4. The second kappa shape index (κ2) is 10.8. The fraction of sp³-hybridized carbons (Fsp3) is 0.308. The highest BCUT2D eigenvalue weighted by Gasteiger charge is 2.47. The Kier molecular flexibility index (Phi) is 7.84. The molecule has 0 aliphatic carbocycles. The first-order chi connectivity index (χ1) is 18.3. The molecular formula is C26H25F4N5O3S. The number of halogens is 4. The SMILES string of the molecule is C=C[C@@H]1C[C@@H](C(=O)NCc2cc(-c3cnc(C(F)(F)F)nc3)ncc2C)N(S(=O)(=O)c2ccc(F)cc2)[C@H]1C. The third kappa shape index (κ3) is 5.83. The number of rotatable bonds is 7. The molecule has 1 amide bonds. The van der Waals surface area contributed by atoms with Crippen LogP contribution in [0.1, 0.15) is 30.3 Å². The molecule has 0 radical (unpaired) electrons. The van der Waals surface area contributed by atoms with Crippen molar-refractivity contribution >= 4 is 15.9 Å². The largest absolute Gasteiger partial charge is 0.451 e. The molecule has 13 heteroatoms. The van der Waals surface area contributed by atoms with Gasteiger partial charge in [0.2, 0.25) is 21.8 Å². The van der Waals surface area contributed by atoms with Crippen molar-refractivity contribution in [3.05, 3.63) is 84.3 Å². The van der Waals surface area contributed by atoms with Crippen LogP contribution in [0.2, 0.25) is 0 Å². The number of aryl methyl sites for hydroxylation is 1. The van der Waals surface area contributed by atoms with Gasteiger partial charge < -0.3 is 5.32 Å². The van der Waals surface area contributed by atoms with Crippen molar-refractivity contribution in [1.29, 1.82) is 0 Å². The molecule has 3 aromatic rings. The Bertz CT molecular complexity index is 1480. The third-order valence-corrected chi connectivity index (χ3v) is 8.70. The highest BCUT2D eigenvalue weighted by molar-refractivity contribution is 7.89. The molecule has 206 valence electrons. The Labute approximate surface area is 222 Å². The summed E-state index contributed by atoms with van der Waals surface area (Å²) in [5.74, 6) is -2.68. The third-order valence-electron chi connectivity index (χ3n) is 6.69. The number of carbonyl (C=O) groups excluding carboxylic acids is 1. The minimum Gasteiger partial charge on any atom is -0.351 e. The standard InChI is InChI=1S/C26H25F4N5O3S/c1-4-17-10-23(35(16(17)3)39(37,38)21-7-5-20(27)6-8-21)24(36)32-12-18-9-22(31-11-15(18)2)19-13-33-25(34-14-19)26(28,29)30/h4-9,11,13-14,16-17,23H,1,10,12H2,2-3H3,(H,32,36)/t16-,17+,23-/m0/s1. The molecule has 39 heavy (non-hydrogen) atoms. The van der Waals surface area contributed by atoms with E-state index >= 15 is 0 Å². The molecule has 3 heterocycles. The van der Waals surface area contributed by atoms with Crippen molar-refractivity contribution < 1.29 is 30.8 Å². The van der Waals surface area contributed by atoms with Crippen LogP contribution < -0.4 is 5.32 Å². The minimum atomic E-state index is -4.67. The molecular weight excluding hydrogens is 538 g/mol. The number of hydrogen-bond donors (Lipinski definition) is 1. The van der Waals surface area contributed by atoms with Crippen molar-refractivity contribution in [3.63, 3.8) is 0 Å². The molecule has 1 aromatic carbocycles. The first-order valence-electron chi connectivity index (χ1n) is 11.9. The van der Waals surface area contributed by atoms with Crippen LogP contribution >= 0.6 is 0 Å². The van der Waals surface area contributed by atoms with E-state index in [0.717, 1.165) is 41.0 Å². The van der Waals surface area contributed by atoms with E-state index < -0.39 is 45.8 Å². The molecule has 1 aliphatic rings. The van der Waals surface area contributed by atoms with Gasteiger partial charge in [0.15, 0.2) is 0 Å². The Hall–Kier alpha value is -3.71. The first kappa shape index (κ1) is 28.3. The summed E-state index contributed by atoms with van der Waals surface area (Å²) < 4.78 is 79.8. The second-order valence-corrected chi connectivity index (χ2v) is 11.0. The van der Waals surface area contributed by atoms with Gasteiger partial charge in [-0.1, -0.05) is 6.08 Å². The van der Waals surface area contributed by atoms with Gasteiger partial charge in [-0.15, -0.1) is 6.58 Å². The highest BCUT2D eigenvalue weighted by atomic mass is 32.2. The van der Waals surface area contributed by atoms with Crippen LogP contribution in [0, 0.1) is 18.7 Å². The molecule has 0 saturated carbocycles. The molecule has 8 nitrogen and oxygen atoms in total. The number of carbonyl (C=O) groups is 1. The van der Waals surface area contributed by atoms with Gasteiger partial charge in [0.25, 0.3) is 0 Å². The number of hydrogen-bond acceptors (Lipinski definition) is 6. The maximum atomic E-state index is 13.4. The van der Waals surface area contributed by atoms with Gasteiger partial charge in [0.1, 0.15) is 11.9 Å². The van der Waals surface area contributed by atoms with Crippen LogP contribution in [-0.2, 0) is 27.5 Å². The predicted octanol–water partition coefficient (Wildman–Crippen LogP) is 4.28. The smallest absolute Gasteiger partial charge is 0.351 e. The number of pyridine rings is 1. The van der Waals surface area contributed by atoms with Gasteiger partial charge in [-0.25, -0.2) is 22.8 Å². The van der Waals surface area contributed by atoms with Crippen molar-refractivity contribution in [2.24, 2.45) is 5.92 Å². The zero-order valence-electron chi connectivity index (χ0n) is 21.0. The summed E-state index contributed by atoms with van der Waals surface area (Å²) in [7, 11) is -4.14. The second-order valence-electron chi connectivity index (χ2n) is 9.19. The normalized spacial score (nSPS) is 20.1. The van der Waals surface area contributed by atoms with E-state index in [1.54, 1.807) is 26.0 Å². The number of nitrogens with one attached hydrogen (secondary N) is 1. The molecule has 1 aliphatic heterocycles. The Morgan fingerprint density at radius 2 is 1.79 bits per heavy atom. The number of alkyl halides is 3. The summed E-state index contributed by atoms with van der Waals surface area (Å²) in [6, 6.07) is 4.38. The molecule has 1 N–H and O–H groups in total. The quantitative estimate of drug-likeness (QED) is 0.340. The molecule has 3 atom stereocenters. The van der Waals surface area contributed by atoms with Crippen molar-refractivity contribution in [2.45, 2.75) is 50.0 Å². The number of benzene rings is 1. The van der Waals surface area contributed by atoms with Gasteiger partial charge >= 0.3 is 6.18 Å². The zero-order chi connectivity index (χ0) is 28.5. The van der Waals surface area contributed by atoms with E-state index in [1.807, 2.05) is 0 Å². The number of sulfonamides is 1. The van der Waals surface area contributed by atoms with E-state index in [2.05, 4.69) is 26.8 Å². The van der Waals surface area contributed by atoms with Crippen LogP contribution in [0.3, 0.4) is 0 Å². The van der Waals surface area contributed by atoms with Gasteiger partial charge in [-0.3, -0.25) is 9.78 Å². The van der Waals surface area contributed by atoms with E-state index in [0.29, 0.717) is 16.8 Å². The topological polar surface area (TPSA) is 105 Å². The average molecular weight is 564 g/mol. The van der Waals surface area contributed by atoms with Crippen molar-refractivity contribution in [2.75, 3.05) is 0 Å². The van der Waals surface area contributed by atoms with Gasteiger partial charge in [0.05, 0.1) is 10.6 Å². The molecule has 0 bridgehead atoms. The number of amides is 1.